The molecule has 0 aliphatic heterocycles. The fraction of sp³-hybridized carbons (Fsp3) is 0.300. The third-order valence-corrected chi connectivity index (χ3v) is 1.87. The fourth-order valence-electron chi connectivity index (χ4n) is 1.10. The molecule has 0 unspecified atom stereocenters. The van der Waals surface area contributed by atoms with Crippen molar-refractivity contribution in [1.29, 1.82) is 0 Å². The van der Waals surface area contributed by atoms with Crippen LogP contribution in [0.4, 0.5) is 5.69 Å². The molecule has 1 aromatic rings. The summed E-state index contributed by atoms with van der Waals surface area (Å²) in [5.74, 6) is -0.142. The zero-order valence-corrected chi connectivity index (χ0v) is 7.99. The number of nitrogen functional groups attached to an aromatic ring is 1. The molecule has 0 radical (unpaired) electrons. The van der Waals surface area contributed by atoms with E-state index < -0.39 is 0 Å². The molecule has 1 rings (SSSR count). The molecule has 0 aromatic heterocycles. The first-order valence-corrected chi connectivity index (χ1v) is 4.58. The summed E-state index contributed by atoms with van der Waals surface area (Å²) >= 11 is 0. The third kappa shape index (κ3) is 2.74. The van der Waals surface area contributed by atoms with Gasteiger partial charge in [0.2, 0.25) is 0 Å². The lowest BCUT2D eigenvalue weighted by Gasteiger charge is -2.06. The molecule has 0 aliphatic rings. The summed E-state index contributed by atoms with van der Waals surface area (Å²) in [4.78, 5) is 11.5. The SMILES string of the molecule is NCCCNC(=O)c1ccccc1N. The monoisotopic (exact) mass is 193 g/mol. The second kappa shape index (κ2) is 5.24. The zero-order chi connectivity index (χ0) is 10.4. The van der Waals surface area contributed by atoms with Gasteiger partial charge in [0.1, 0.15) is 0 Å². The van der Waals surface area contributed by atoms with Gasteiger partial charge in [-0.1, -0.05) is 12.1 Å². The molecule has 0 saturated heterocycles. The zero-order valence-electron chi connectivity index (χ0n) is 7.99. The van der Waals surface area contributed by atoms with Crippen molar-refractivity contribution in [2.75, 3.05) is 18.8 Å². The van der Waals surface area contributed by atoms with Crippen molar-refractivity contribution in [3.8, 4) is 0 Å². The van der Waals surface area contributed by atoms with Crippen molar-refractivity contribution in [3.63, 3.8) is 0 Å². The maximum absolute atomic E-state index is 11.5. The van der Waals surface area contributed by atoms with Gasteiger partial charge < -0.3 is 16.8 Å². The Labute approximate surface area is 83.3 Å². The molecule has 0 fully saturated rings. The maximum Gasteiger partial charge on any atom is 0.253 e. The summed E-state index contributed by atoms with van der Waals surface area (Å²) in [5, 5.41) is 2.74. The van der Waals surface area contributed by atoms with E-state index in [0.717, 1.165) is 6.42 Å². The van der Waals surface area contributed by atoms with E-state index in [4.69, 9.17) is 11.5 Å². The molecule has 1 amide bonds. The lowest BCUT2D eigenvalue weighted by atomic mass is 10.1. The largest absolute Gasteiger partial charge is 0.398 e. The summed E-state index contributed by atoms with van der Waals surface area (Å²) in [5.41, 5.74) is 12.0. The second-order valence-corrected chi connectivity index (χ2v) is 2.99. The van der Waals surface area contributed by atoms with E-state index in [-0.39, 0.29) is 5.91 Å². The molecule has 0 spiro atoms. The van der Waals surface area contributed by atoms with Crippen LogP contribution in [-0.4, -0.2) is 19.0 Å². The van der Waals surface area contributed by atoms with Crippen LogP contribution in [0.2, 0.25) is 0 Å². The molecule has 5 N–H and O–H groups in total. The van der Waals surface area contributed by atoms with Gasteiger partial charge in [0.05, 0.1) is 5.56 Å². The lowest BCUT2D eigenvalue weighted by Crippen LogP contribution is -2.26. The molecule has 0 bridgehead atoms. The van der Waals surface area contributed by atoms with Crippen LogP contribution in [0, 0.1) is 0 Å². The van der Waals surface area contributed by atoms with Crippen LogP contribution in [0.3, 0.4) is 0 Å². The van der Waals surface area contributed by atoms with Crippen molar-refractivity contribution >= 4 is 11.6 Å². The quantitative estimate of drug-likeness (QED) is 0.476. The molecule has 4 heteroatoms. The van der Waals surface area contributed by atoms with Crippen molar-refractivity contribution in [2.45, 2.75) is 6.42 Å². The summed E-state index contributed by atoms with van der Waals surface area (Å²) < 4.78 is 0. The molecule has 0 aliphatic carbocycles. The highest BCUT2D eigenvalue weighted by atomic mass is 16.1. The summed E-state index contributed by atoms with van der Waals surface area (Å²) in [6.45, 7) is 1.16. The van der Waals surface area contributed by atoms with Gasteiger partial charge in [0.25, 0.3) is 5.91 Å². The van der Waals surface area contributed by atoms with Crippen molar-refractivity contribution in [2.24, 2.45) is 5.73 Å². The molecular weight excluding hydrogens is 178 g/mol. The first kappa shape index (κ1) is 10.5. The molecule has 0 atom stereocenters. The number of para-hydroxylation sites is 1. The molecule has 0 saturated carbocycles. The molecule has 14 heavy (non-hydrogen) atoms. The lowest BCUT2D eigenvalue weighted by molar-refractivity contribution is 0.0954. The minimum atomic E-state index is -0.142. The summed E-state index contributed by atoms with van der Waals surface area (Å²) in [6, 6.07) is 6.99. The number of anilines is 1. The third-order valence-electron chi connectivity index (χ3n) is 1.87. The predicted molar refractivity (Wildman–Crippen MR) is 56.9 cm³/mol. The standard InChI is InChI=1S/C10H15N3O/c11-6-3-7-13-10(14)8-4-1-2-5-9(8)12/h1-2,4-5H,3,6-7,11-12H2,(H,13,14). The van der Waals surface area contributed by atoms with Crippen LogP contribution < -0.4 is 16.8 Å². The van der Waals surface area contributed by atoms with E-state index in [2.05, 4.69) is 5.32 Å². The number of benzene rings is 1. The van der Waals surface area contributed by atoms with E-state index >= 15 is 0 Å². The van der Waals surface area contributed by atoms with Gasteiger partial charge in [-0.05, 0) is 25.1 Å². The van der Waals surface area contributed by atoms with Gasteiger partial charge in [0, 0.05) is 12.2 Å². The number of hydrogen-bond acceptors (Lipinski definition) is 3. The molecular formula is C10H15N3O. The van der Waals surface area contributed by atoms with Crippen LogP contribution in [0.5, 0.6) is 0 Å². The van der Waals surface area contributed by atoms with Crippen LogP contribution in [-0.2, 0) is 0 Å². The molecule has 1 aromatic carbocycles. The average molecular weight is 193 g/mol. The van der Waals surface area contributed by atoms with Crippen molar-refractivity contribution in [3.05, 3.63) is 29.8 Å². The summed E-state index contributed by atoms with van der Waals surface area (Å²) in [7, 11) is 0. The minimum Gasteiger partial charge on any atom is -0.398 e. The Balaban J connectivity index is 2.56. The Hall–Kier alpha value is -1.55. The number of nitrogens with two attached hydrogens (primary N) is 2. The van der Waals surface area contributed by atoms with E-state index in [0.29, 0.717) is 24.3 Å². The Kier molecular flexibility index (Phi) is 3.94. The van der Waals surface area contributed by atoms with Crippen LogP contribution in [0.25, 0.3) is 0 Å². The first-order valence-electron chi connectivity index (χ1n) is 4.58. The number of carbonyl (C=O) groups is 1. The Morgan fingerprint density at radius 1 is 1.36 bits per heavy atom. The smallest absolute Gasteiger partial charge is 0.253 e. The fourth-order valence-corrected chi connectivity index (χ4v) is 1.10. The second-order valence-electron chi connectivity index (χ2n) is 2.99. The number of carbonyl (C=O) groups excluding carboxylic acids is 1. The molecule has 4 nitrogen and oxygen atoms in total. The number of nitrogens with one attached hydrogen (secondary N) is 1. The Morgan fingerprint density at radius 2 is 2.07 bits per heavy atom. The highest BCUT2D eigenvalue weighted by molar-refractivity contribution is 5.98. The van der Waals surface area contributed by atoms with Gasteiger partial charge in [-0.2, -0.15) is 0 Å². The van der Waals surface area contributed by atoms with Gasteiger partial charge >= 0.3 is 0 Å². The van der Waals surface area contributed by atoms with Crippen molar-refractivity contribution < 1.29 is 4.79 Å². The van der Waals surface area contributed by atoms with Crippen LogP contribution in [0.15, 0.2) is 24.3 Å². The Bertz CT molecular complexity index is 312. The highest BCUT2D eigenvalue weighted by Crippen LogP contribution is 2.09. The van der Waals surface area contributed by atoms with Crippen molar-refractivity contribution in [1.82, 2.24) is 5.32 Å². The van der Waals surface area contributed by atoms with E-state index in [1.165, 1.54) is 0 Å². The topological polar surface area (TPSA) is 81.1 Å². The average Bonchev–Trinajstić information content (AvgIpc) is 2.18. The maximum atomic E-state index is 11.5. The predicted octanol–water partition coefficient (Wildman–Crippen LogP) is 0.347. The van der Waals surface area contributed by atoms with E-state index in [1.807, 2.05) is 0 Å². The van der Waals surface area contributed by atoms with Gasteiger partial charge in [-0.15, -0.1) is 0 Å². The van der Waals surface area contributed by atoms with Crippen LogP contribution in [0.1, 0.15) is 16.8 Å². The summed E-state index contributed by atoms with van der Waals surface area (Å²) in [6.07, 6.45) is 0.776. The normalized spacial score (nSPS) is 9.79. The minimum absolute atomic E-state index is 0.142. The van der Waals surface area contributed by atoms with Gasteiger partial charge in [-0.3, -0.25) is 4.79 Å². The molecule has 76 valence electrons. The first-order chi connectivity index (χ1) is 6.75. The number of rotatable bonds is 4. The highest BCUT2D eigenvalue weighted by Gasteiger charge is 2.06. The van der Waals surface area contributed by atoms with E-state index in [9.17, 15) is 4.79 Å². The number of hydrogen-bond donors (Lipinski definition) is 3. The van der Waals surface area contributed by atoms with Gasteiger partial charge in [0.15, 0.2) is 0 Å². The Morgan fingerprint density at radius 3 is 2.71 bits per heavy atom. The molecule has 0 heterocycles. The van der Waals surface area contributed by atoms with Gasteiger partial charge in [-0.25, -0.2) is 0 Å². The van der Waals surface area contributed by atoms with Crippen LogP contribution >= 0.6 is 0 Å². The van der Waals surface area contributed by atoms with E-state index in [1.54, 1.807) is 24.3 Å². The number of amides is 1.